The van der Waals surface area contributed by atoms with Gasteiger partial charge in [-0.3, -0.25) is 9.69 Å². The third-order valence-corrected chi connectivity index (χ3v) is 4.05. The number of hydrogen-bond donors (Lipinski definition) is 1. The van der Waals surface area contributed by atoms with Crippen molar-refractivity contribution in [1.82, 2.24) is 4.90 Å². The van der Waals surface area contributed by atoms with Gasteiger partial charge >= 0.3 is 5.97 Å². The van der Waals surface area contributed by atoms with Gasteiger partial charge in [0, 0.05) is 18.6 Å². The first-order chi connectivity index (χ1) is 8.02. The second-order valence-electron chi connectivity index (χ2n) is 5.84. The lowest BCUT2D eigenvalue weighted by molar-refractivity contribution is -0.138. The first-order valence-electron chi connectivity index (χ1n) is 6.58. The molecule has 1 spiro atoms. The van der Waals surface area contributed by atoms with E-state index >= 15 is 0 Å². The molecule has 1 aliphatic heterocycles. The molecule has 0 amide bonds. The van der Waals surface area contributed by atoms with E-state index in [1.165, 1.54) is 25.8 Å². The van der Waals surface area contributed by atoms with Crippen molar-refractivity contribution in [2.24, 2.45) is 5.41 Å². The van der Waals surface area contributed by atoms with Gasteiger partial charge in [0.25, 0.3) is 0 Å². The summed E-state index contributed by atoms with van der Waals surface area (Å²) in [7, 11) is 0. The minimum atomic E-state index is -0.782. The standard InChI is InChI=1S/C13H23NO3/c1-10(2)14-9-13(4-5-13)7-11(14)8-17-6-3-12(15)16/h10-11H,3-9H2,1-2H3,(H,15,16)/t11-/m0/s1. The highest BCUT2D eigenvalue weighted by atomic mass is 16.5. The lowest BCUT2D eigenvalue weighted by atomic mass is 10.0. The molecule has 0 aromatic heterocycles. The number of likely N-dealkylation sites (tertiary alicyclic amines) is 1. The topological polar surface area (TPSA) is 49.8 Å². The predicted octanol–water partition coefficient (Wildman–Crippen LogP) is 1.74. The Morgan fingerprint density at radius 3 is 2.76 bits per heavy atom. The Hall–Kier alpha value is -0.610. The van der Waals surface area contributed by atoms with Crippen LogP contribution in [-0.4, -0.2) is 47.8 Å². The fourth-order valence-electron chi connectivity index (χ4n) is 2.87. The van der Waals surface area contributed by atoms with Crippen molar-refractivity contribution >= 4 is 5.97 Å². The fourth-order valence-corrected chi connectivity index (χ4v) is 2.87. The molecule has 1 aliphatic carbocycles. The van der Waals surface area contributed by atoms with Gasteiger partial charge in [0.05, 0.1) is 19.6 Å². The second kappa shape index (κ2) is 4.94. The Bertz CT molecular complexity index is 286. The SMILES string of the molecule is CC(C)N1CC2(CC2)C[C@H]1COCCC(=O)O. The van der Waals surface area contributed by atoms with Crippen molar-refractivity contribution in [3.63, 3.8) is 0 Å². The molecule has 0 aromatic carbocycles. The maximum Gasteiger partial charge on any atom is 0.305 e. The van der Waals surface area contributed by atoms with Crippen LogP contribution >= 0.6 is 0 Å². The first kappa shape index (κ1) is 12.8. The summed E-state index contributed by atoms with van der Waals surface area (Å²) in [5, 5.41) is 8.55. The zero-order valence-electron chi connectivity index (χ0n) is 10.8. The summed E-state index contributed by atoms with van der Waals surface area (Å²) in [4.78, 5) is 12.9. The van der Waals surface area contributed by atoms with Gasteiger partial charge in [-0.05, 0) is 38.5 Å². The number of nitrogens with zero attached hydrogens (tertiary/aromatic N) is 1. The van der Waals surface area contributed by atoms with E-state index in [-0.39, 0.29) is 6.42 Å². The highest BCUT2D eigenvalue weighted by Gasteiger charge is 2.52. The summed E-state index contributed by atoms with van der Waals surface area (Å²) in [6.07, 6.45) is 4.07. The third kappa shape index (κ3) is 3.19. The second-order valence-corrected chi connectivity index (χ2v) is 5.84. The number of hydrogen-bond acceptors (Lipinski definition) is 3. The number of carboxylic acid groups (broad SMARTS) is 1. The Morgan fingerprint density at radius 2 is 2.24 bits per heavy atom. The zero-order chi connectivity index (χ0) is 12.5. The summed E-state index contributed by atoms with van der Waals surface area (Å²) in [5.74, 6) is -0.782. The maximum absolute atomic E-state index is 10.4. The smallest absolute Gasteiger partial charge is 0.305 e. The first-order valence-corrected chi connectivity index (χ1v) is 6.58. The monoisotopic (exact) mass is 241 g/mol. The molecule has 4 nitrogen and oxygen atoms in total. The van der Waals surface area contributed by atoms with Gasteiger partial charge in [-0.2, -0.15) is 0 Å². The largest absolute Gasteiger partial charge is 0.481 e. The molecule has 1 saturated carbocycles. The van der Waals surface area contributed by atoms with Crippen LogP contribution in [0.5, 0.6) is 0 Å². The molecule has 0 aromatic rings. The van der Waals surface area contributed by atoms with Crippen LogP contribution in [0.1, 0.15) is 39.5 Å². The van der Waals surface area contributed by atoms with Crippen molar-refractivity contribution in [2.45, 2.75) is 51.6 Å². The van der Waals surface area contributed by atoms with Crippen LogP contribution in [0.25, 0.3) is 0 Å². The highest BCUT2D eigenvalue weighted by Crippen LogP contribution is 2.55. The molecule has 4 heteroatoms. The van der Waals surface area contributed by atoms with Crippen molar-refractivity contribution < 1.29 is 14.6 Å². The van der Waals surface area contributed by atoms with Crippen LogP contribution < -0.4 is 0 Å². The van der Waals surface area contributed by atoms with Gasteiger partial charge in [0.2, 0.25) is 0 Å². The highest BCUT2D eigenvalue weighted by molar-refractivity contribution is 5.66. The number of carbonyl (C=O) groups is 1. The van der Waals surface area contributed by atoms with E-state index in [1.54, 1.807) is 0 Å². The van der Waals surface area contributed by atoms with E-state index in [1.807, 2.05) is 0 Å². The Morgan fingerprint density at radius 1 is 1.53 bits per heavy atom. The summed E-state index contributed by atoms with van der Waals surface area (Å²) in [5.41, 5.74) is 0.588. The summed E-state index contributed by atoms with van der Waals surface area (Å²) < 4.78 is 5.51. The van der Waals surface area contributed by atoms with Crippen molar-refractivity contribution in [3.05, 3.63) is 0 Å². The molecule has 98 valence electrons. The molecular weight excluding hydrogens is 218 g/mol. The molecule has 0 bridgehead atoms. The minimum absolute atomic E-state index is 0.111. The quantitative estimate of drug-likeness (QED) is 0.720. The summed E-state index contributed by atoms with van der Waals surface area (Å²) in [6, 6.07) is 1.05. The number of carboxylic acids is 1. The van der Waals surface area contributed by atoms with Gasteiger partial charge in [-0.15, -0.1) is 0 Å². The zero-order valence-corrected chi connectivity index (χ0v) is 10.8. The Balaban J connectivity index is 1.76. The average molecular weight is 241 g/mol. The van der Waals surface area contributed by atoms with Crippen LogP contribution in [0.2, 0.25) is 0 Å². The van der Waals surface area contributed by atoms with Gasteiger partial charge in [-0.25, -0.2) is 0 Å². The molecule has 2 fully saturated rings. The van der Waals surface area contributed by atoms with Gasteiger partial charge < -0.3 is 9.84 Å². The molecule has 0 radical (unpaired) electrons. The lowest BCUT2D eigenvalue weighted by Gasteiger charge is -2.28. The maximum atomic E-state index is 10.4. The van der Waals surface area contributed by atoms with Crippen molar-refractivity contribution in [1.29, 1.82) is 0 Å². The van der Waals surface area contributed by atoms with E-state index in [0.29, 0.717) is 30.7 Å². The number of ether oxygens (including phenoxy) is 1. The van der Waals surface area contributed by atoms with Crippen LogP contribution in [-0.2, 0) is 9.53 Å². The van der Waals surface area contributed by atoms with E-state index in [9.17, 15) is 4.79 Å². The molecule has 2 aliphatic rings. The fraction of sp³-hybridized carbons (Fsp3) is 0.923. The molecule has 1 saturated heterocycles. The van der Waals surface area contributed by atoms with E-state index in [4.69, 9.17) is 9.84 Å². The minimum Gasteiger partial charge on any atom is -0.481 e. The van der Waals surface area contributed by atoms with Crippen molar-refractivity contribution in [2.75, 3.05) is 19.8 Å². The van der Waals surface area contributed by atoms with Crippen LogP contribution in [0.4, 0.5) is 0 Å². The summed E-state index contributed by atoms with van der Waals surface area (Å²) >= 11 is 0. The van der Waals surface area contributed by atoms with Gasteiger partial charge in [0.15, 0.2) is 0 Å². The molecule has 1 atom stereocenters. The molecule has 1 heterocycles. The van der Waals surface area contributed by atoms with E-state index in [0.717, 1.165) is 0 Å². The number of rotatable bonds is 6. The van der Waals surface area contributed by atoms with E-state index < -0.39 is 5.97 Å². The normalized spacial score (nSPS) is 26.9. The van der Waals surface area contributed by atoms with Crippen LogP contribution in [0.3, 0.4) is 0 Å². The van der Waals surface area contributed by atoms with Crippen LogP contribution in [0, 0.1) is 5.41 Å². The Kier molecular flexibility index (Phi) is 3.73. The molecule has 17 heavy (non-hydrogen) atoms. The van der Waals surface area contributed by atoms with Gasteiger partial charge in [0.1, 0.15) is 0 Å². The predicted molar refractivity (Wildman–Crippen MR) is 65.0 cm³/mol. The van der Waals surface area contributed by atoms with E-state index in [2.05, 4.69) is 18.7 Å². The molecule has 0 unspecified atom stereocenters. The third-order valence-electron chi connectivity index (χ3n) is 4.05. The molecule has 2 rings (SSSR count). The van der Waals surface area contributed by atoms with Crippen LogP contribution in [0.15, 0.2) is 0 Å². The Labute approximate surface area is 103 Å². The number of aliphatic carboxylic acids is 1. The van der Waals surface area contributed by atoms with Gasteiger partial charge in [-0.1, -0.05) is 0 Å². The summed E-state index contributed by atoms with van der Waals surface area (Å²) in [6.45, 7) is 6.69. The van der Waals surface area contributed by atoms with Crippen molar-refractivity contribution in [3.8, 4) is 0 Å². The molecule has 1 N–H and O–H groups in total. The lowest BCUT2D eigenvalue weighted by Crippen LogP contribution is -2.38. The average Bonchev–Trinajstić information content (AvgIpc) is 2.87. The molecular formula is C13H23NO3.